The molecule has 2 heterocycles. The summed E-state index contributed by atoms with van der Waals surface area (Å²) < 4.78 is 40.4. The lowest BCUT2D eigenvalue weighted by atomic mass is 10.0. The first-order valence-electron chi connectivity index (χ1n) is 12.9. The first kappa shape index (κ1) is 28.4. The lowest BCUT2D eigenvalue weighted by molar-refractivity contribution is 0.0642. The number of aromatic nitrogens is 1. The van der Waals surface area contributed by atoms with Crippen LogP contribution >= 0.6 is 11.3 Å². The first-order valence-corrected chi connectivity index (χ1v) is 15.2. The molecule has 1 aliphatic heterocycles. The number of thiazole rings is 1. The summed E-state index contributed by atoms with van der Waals surface area (Å²) in [4.78, 5) is 17.1. The Morgan fingerprint density at radius 1 is 1.26 bits per heavy atom. The molecule has 0 radical (unpaired) electrons. The van der Waals surface area contributed by atoms with Crippen LogP contribution in [0.2, 0.25) is 0 Å². The first-order chi connectivity index (χ1) is 18.3. The summed E-state index contributed by atoms with van der Waals surface area (Å²) in [5.41, 5.74) is 3.31. The number of amides is 1. The minimum absolute atomic E-state index is 0.0666. The predicted molar refractivity (Wildman–Crippen MR) is 147 cm³/mol. The van der Waals surface area contributed by atoms with Crippen molar-refractivity contribution in [3.63, 3.8) is 0 Å². The molecule has 4 rings (SSSR count). The molecule has 0 unspecified atom stereocenters. The number of carbonyl (C=O) groups is 1. The summed E-state index contributed by atoms with van der Waals surface area (Å²) in [6.45, 7) is 4.89. The van der Waals surface area contributed by atoms with Crippen LogP contribution in [-0.2, 0) is 25.9 Å². The second-order valence-corrected chi connectivity index (χ2v) is 12.5. The van der Waals surface area contributed by atoms with Gasteiger partial charge in [-0.05, 0) is 36.1 Å². The van der Waals surface area contributed by atoms with Crippen LogP contribution in [-0.4, -0.2) is 73.5 Å². The second kappa shape index (κ2) is 13.0. The highest BCUT2D eigenvalue weighted by Gasteiger charge is 2.32. The fraction of sp³-hybridized carbons (Fsp3) is 0.481. The molecule has 11 heteroatoms. The molecular formula is C27H35N3O6S2. The molecule has 1 saturated heterocycles. The van der Waals surface area contributed by atoms with E-state index in [1.54, 1.807) is 23.7 Å². The van der Waals surface area contributed by atoms with Gasteiger partial charge in [0.2, 0.25) is 10.0 Å². The Bertz CT molecular complexity index is 1290. The summed E-state index contributed by atoms with van der Waals surface area (Å²) in [7, 11) is -3.93. The lowest BCUT2D eigenvalue weighted by Crippen LogP contribution is -2.51. The van der Waals surface area contributed by atoms with Crippen molar-refractivity contribution >= 4 is 37.7 Å². The van der Waals surface area contributed by atoms with Gasteiger partial charge in [0.05, 0.1) is 46.0 Å². The molecule has 38 heavy (non-hydrogen) atoms. The maximum absolute atomic E-state index is 13.8. The van der Waals surface area contributed by atoms with E-state index in [0.29, 0.717) is 26.1 Å². The second-order valence-electron chi connectivity index (χ2n) is 9.72. The highest BCUT2D eigenvalue weighted by atomic mass is 32.2. The number of sulfonamides is 1. The number of fused-ring (bicyclic) bond motifs is 1. The van der Waals surface area contributed by atoms with E-state index < -0.39 is 28.3 Å². The molecule has 0 saturated carbocycles. The van der Waals surface area contributed by atoms with E-state index in [0.717, 1.165) is 22.2 Å². The molecule has 9 nitrogen and oxygen atoms in total. The third-order valence-corrected chi connectivity index (χ3v) is 9.39. The number of aliphatic hydroxyl groups is 1. The van der Waals surface area contributed by atoms with Gasteiger partial charge in [0, 0.05) is 19.5 Å². The van der Waals surface area contributed by atoms with Crippen LogP contribution in [0, 0.1) is 5.92 Å². The van der Waals surface area contributed by atoms with Crippen LogP contribution in [0.3, 0.4) is 0 Å². The summed E-state index contributed by atoms with van der Waals surface area (Å²) in [6.07, 6.45) is -0.487. The molecule has 2 aromatic carbocycles. The fourth-order valence-corrected chi connectivity index (χ4v) is 6.72. The van der Waals surface area contributed by atoms with E-state index in [-0.39, 0.29) is 30.0 Å². The van der Waals surface area contributed by atoms with Gasteiger partial charge >= 0.3 is 6.09 Å². The topological polar surface area (TPSA) is 118 Å². The average molecular weight is 562 g/mol. The molecule has 2 N–H and O–H groups in total. The fourth-order valence-electron chi connectivity index (χ4n) is 4.32. The molecule has 206 valence electrons. The summed E-state index contributed by atoms with van der Waals surface area (Å²) in [6, 6.07) is 13.5. The minimum atomic E-state index is -3.93. The van der Waals surface area contributed by atoms with Crippen molar-refractivity contribution < 1.29 is 27.8 Å². The molecule has 0 spiro atoms. The van der Waals surface area contributed by atoms with Crippen LogP contribution in [0.15, 0.2) is 58.9 Å². The van der Waals surface area contributed by atoms with Crippen molar-refractivity contribution in [1.82, 2.24) is 14.6 Å². The maximum Gasteiger partial charge on any atom is 0.407 e. The van der Waals surface area contributed by atoms with E-state index in [4.69, 9.17) is 9.47 Å². The van der Waals surface area contributed by atoms with Crippen molar-refractivity contribution in [2.24, 2.45) is 5.92 Å². The molecule has 1 aromatic heterocycles. The van der Waals surface area contributed by atoms with Crippen LogP contribution in [0.4, 0.5) is 4.79 Å². The van der Waals surface area contributed by atoms with Crippen LogP contribution < -0.4 is 5.32 Å². The molecule has 0 aliphatic carbocycles. The third kappa shape index (κ3) is 7.29. The molecule has 0 bridgehead atoms. The molecule has 1 aliphatic rings. The van der Waals surface area contributed by atoms with E-state index in [1.807, 2.05) is 44.2 Å². The van der Waals surface area contributed by atoms with Gasteiger partial charge in [-0.25, -0.2) is 18.2 Å². The summed E-state index contributed by atoms with van der Waals surface area (Å²) in [5, 5.41) is 14.2. The monoisotopic (exact) mass is 561 g/mol. The molecule has 1 amide bonds. The Balaban J connectivity index is 1.56. The van der Waals surface area contributed by atoms with E-state index in [2.05, 4.69) is 10.3 Å². The molecular weight excluding hydrogens is 526 g/mol. The number of ether oxygens (including phenoxy) is 2. The van der Waals surface area contributed by atoms with E-state index >= 15 is 0 Å². The van der Waals surface area contributed by atoms with Crippen LogP contribution in [0.5, 0.6) is 0 Å². The van der Waals surface area contributed by atoms with Crippen molar-refractivity contribution in [3.05, 3.63) is 59.6 Å². The standard InChI is InChI=1S/C27H35N3O6S2/c1-3-19(2)15-30(38(33,34)22-9-10-23-26(14-22)37-18-28-23)16-25(31)24(13-20-7-5-4-6-8-20)29-27(32)36-21-11-12-35-17-21/h4-10,14,18-19,21,24-25,31H,3,11-13,15-17H2,1-2H3,(H,29,32)/t19-,21-,24-,25+/m0/s1. The zero-order valence-electron chi connectivity index (χ0n) is 21.7. The number of benzene rings is 2. The van der Waals surface area contributed by atoms with Crippen molar-refractivity contribution in [3.8, 4) is 0 Å². The zero-order valence-corrected chi connectivity index (χ0v) is 23.3. The SMILES string of the molecule is CC[C@H](C)CN(C[C@@H](O)[C@H](Cc1ccccc1)NC(=O)O[C@H]1CCOC1)S(=O)(=O)c1ccc2ncsc2c1. The van der Waals surface area contributed by atoms with Gasteiger partial charge in [0.25, 0.3) is 0 Å². The van der Waals surface area contributed by atoms with Crippen molar-refractivity contribution in [1.29, 1.82) is 0 Å². The average Bonchev–Trinajstić information content (AvgIpc) is 3.60. The number of alkyl carbamates (subject to hydrolysis) is 1. The number of rotatable bonds is 12. The lowest BCUT2D eigenvalue weighted by Gasteiger charge is -2.31. The van der Waals surface area contributed by atoms with Gasteiger partial charge in [-0.15, -0.1) is 11.3 Å². The predicted octanol–water partition coefficient (Wildman–Crippen LogP) is 3.82. The Morgan fingerprint density at radius 2 is 2.05 bits per heavy atom. The van der Waals surface area contributed by atoms with Gasteiger partial charge in [0.1, 0.15) is 6.10 Å². The van der Waals surface area contributed by atoms with Crippen LogP contribution in [0.1, 0.15) is 32.3 Å². The highest BCUT2D eigenvalue weighted by molar-refractivity contribution is 7.89. The molecule has 4 atom stereocenters. The molecule has 1 fully saturated rings. The Kier molecular flexibility index (Phi) is 9.72. The number of hydrogen-bond donors (Lipinski definition) is 2. The normalized spacial score (nSPS) is 18.4. The van der Waals surface area contributed by atoms with Crippen LogP contribution in [0.25, 0.3) is 10.2 Å². The number of carbonyl (C=O) groups excluding carboxylic acids is 1. The molecule has 3 aromatic rings. The number of nitrogens with one attached hydrogen (secondary N) is 1. The van der Waals surface area contributed by atoms with E-state index in [1.165, 1.54) is 15.6 Å². The van der Waals surface area contributed by atoms with Gasteiger partial charge in [-0.2, -0.15) is 4.31 Å². The zero-order chi connectivity index (χ0) is 27.1. The third-order valence-electron chi connectivity index (χ3n) is 6.77. The largest absolute Gasteiger partial charge is 0.444 e. The Labute approximate surface area is 227 Å². The quantitative estimate of drug-likeness (QED) is 0.345. The Hall–Kier alpha value is -2.57. The van der Waals surface area contributed by atoms with Gasteiger partial charge in [-0.3, -0.25) is 0 Å². The minimum Gasteiger partial charge on any atom is -0.444 e. The number of aliphatic hydroxyl groups excluding tert-OH is 1. The Morgan fingerprint density at radius 3 is 2.76 bits per heavy atom. The van der Waals surface area contributed by atoms with Gasteiger partial charge < -0.3 is 19.9 Å². The summed E-state index contributed by atoms with van der Waals surface area (Å²) >= 11 is 1.37. The van der Waals surface area contributed by atoms with Gasteiger partial charge in [0.15, 0.2) is 0 Å². The van der Waals surface area contributed by atoms with Crippen molar-refractivity contribution in [2.45, 2.75) is 56.3 Å². The summed E-state index contributed by atoms with van der Waals surface area (Å²) in [5.74, 6) is 0.0666. The van der Waals surface area contributed by atoms with Gasteiger partial charge in [-0.1, -0.05) is 50.6 Å². The van der Waals surface area contributed by atoms with Crippen molar-refractivity contribution in [2.75, 3.05) is 26.3 Å². The maximum atomic E-state index is 13.8. The highest BCUT2D eigenvalue weighted by Crippen LogP contribution is 2.25. The number of nitrogens with zero attached hydrogens (tertiary/aromatic N) is 2. The number of hydrogen-bond acceptors (Lipinski definition) is 8. The van der Waals surface area contributed by atoms with E-state index in [9.17, 15) is 18.3 Å². The smallest absolute Gasteiger partial charge is 0.407 e.